The Bertz CT molecular complexity index is 279. The molecule has 0 bridgehead atoms. The first kappa shape index (κ1) is 11.6. The molecule has 2 saturated carbocycles. The molecular formula is C15H26N2. The summed E-state index contributed by atoms with van der Waals surface area (Å²) < 4.78 is 0. The molecule has 1 heterocycles. The zero-order valence-electron chi connectivity index (χ0n) is 11.0. The first-order valence-electron chi connectivity index (χ1n) is 7.71. The molecule has 96 valence electrons. The van der Waals surface area contributed by atoms with Crippen LogP contribution in [0.4, 0.5) is 0 Å². The fourth-order valence-corrected chi connectivity index (χ4v) is 4.36. The van der Waals surface area contributed by atoms with Crippen LogP contribution in [0.2, 0.25) is 0 Å². The molecule has 0 aromatic rings. The number of likely N-dealkylation sites (tertiary alicyclic amines) is 1. The summed E-state index contributed by atoms with van der Waals surface area (Å²) in [6.07, 6.45) is 13.7. The SMILES string of the molecule is N=C(C1CCCC1)N1CCCC2CCCCC21. The van der Waals surface area contributed by atoms with Crippen LogP contribution in [0.25, 0.3) is 0 Å². The number of nitrogens with one attached hydrogen (secondary N) is 1. The van der Waals surface area contributed by atoms with Crippen molar-refractivity contribution in [1.82, 2.24) is 4.90 Å². The first-order valence-corrected chi connectivity index (χ1v) is 7.71. The molecule has 2 aliphatic carbocycles. The van der Waals surface area contributed by atoms with Crippen LogP contribution in [0, 0.1) is 17.2 Å². The number of piperidine rings is 1. The molecule has 2 atom stereocenters. The highest BCUT2D eigenvalue weighted by Crippen LogP contribution is 2.37. The third-order valence-corrected chi connectivity index (χ3v) is 5.29. The molecule has 2 unspecified atom stereocenters. The number of nitrogens with zero attached hydrogens (tertiary/aromatic N) is 1. The molecule has 1 N–H and O–H groups in total. The van der Waals surface area contributed by atoms with Gasteiger partial charge in [-0.2, -0.15) is 0 Å². The standard InChI is InChI=1S/C15H26N2/c16-15(13-7-1-2-8-13)17-11-5-9-12-6-3-4-10-14(12)17/h12-14,16H,1-11H2. The molecule has 0 spiro atoms. The largest absolute Gasteiger partial charge is 0.357 e. The van der Waals surface area contributed by atoms with E-state index in [1.165, 1.54) is 70.8 Å². The van der Waals surface area contributed by atoms with Crippen molar-refractivity contribution in [1.29, 1.82) is 5.41 Å². The zero-order chi connectivity index (χ0) is 11.7. The maximum absolute atomic E-state index is 8.53. The minimum absolute atomic E-state index is 0.607. The van der Waals surface area contributed by atoms with E-state index in [1.54, 1.807) is 0 Å². The summed E-state index contributed by atoms with van der Waals surface area (Å²) in [5.74, 6) is 2.54. The third-order valence-electron chi connectivity index (χ3n) is 5.29. The summed E-state index contributed by atoms with van der Waals surface area (Å²) >= 11 is 0. The van der Waals surface area contributed by atoms with Gasteiger partial charge in [-0.1, -0.05) is 25.7 Å². The molecule has 3 aliphatic rings. The molecule has 0 amide bonds. The molecular weight excluding hydrogens is 208 g/mol. The van der Waals surface area contributed by atoms with Crippen molar-refractivity contribution in [2.45, 2.75) is 70.3 Å². The number of rotatable bonds is 1. The average molecular weight is 234 g/mol. The van der Waals surface area contributed by atoms with Gasteiger partial charge in [0.05, 0.1) is 5.84 Å². The second kappa shape index (κ2) is 4.99. The van der Waals surface area contributed by atoms with Crippen molar-refractivity contribution in [2.75, 3.05) is 6.54 Å². The minimum Gasteiger partial charge on any atom is -0.357 e. The van der Waals surface area contributed by atoms with Crippen LogP contribution < -0.4 is 0 Å². The van der Waals surface area contributed by atoms with Crippen LogP contribution in [0.15, 0.2) is 0 Å². The lowest BCUT2D eigenvalue weighted by Gasteiger charge is -2.46. The molecule has 17 heavy (non-hydrogen) atoms. The predicted octanol–water partition coefficient (Wildman–Crippen LogP) is 3.81. The smallest absolute Gasteiger partial charge is 0.0992 e. The quantitative estimate of drug-likeness (QED) is 0.542. The maximum Gasteiger partial charge on any atom is 0.0992 e. The lowest BCUT2D eigenvalue weighted by Crippen LogP contribution is -2.51. The Morgan fingerprint density at radius 3 is 2.29 bits per heavy atom. The summed E-state index contributed by atoms with van der Waals surface area (Å²) in [6.45, 7) is 1.18. The predicted molar refractivity (Wildman–Crippen MR) is 71.4 cm³/mol. The van der Waals surface area contributed by atoms with Gasteiger partial charge in [0.25, 0.3) is 0 Å². The molecule has 3 fully saturated rings. The van der Waals surface area contributed by atoms with Crippen LogP contribution in [0.1, 0.15) is 64.2 Å². The molecule has 1 aliphatic heterocycles. The lowest BCUT2D eigenvalue weighted by atomic mass is 9.78. The Kier molecular flexibility index (Phi) is 3.39. The van der Waals surface area contributed by atoms with Crippen LogP contribution in [-0.2, 0) is 0 Å². The van der Waals surface area contributed by atoms with Crippen molar-refractivity contribution in [3.63, 3.8) is 0 Å². The average Bonchev–Trinajstić information content (AvgIpc) is 2.91. The van der Waals surface area contributed by atoms with Gasteiger partial charge < -0.3 is 4.90 Å². The highest BCUT2D eigenvalue weighted by Gasteiger charge is 2.36. The topological polar surface area (TPSA) is 27.1 Å². The fourth-order valence-electron chi connectivity index (χ4n) is 4.36. The van der Waals surface area contributed by atoms with Gasteiger partial charge in [-0.25, -0.2) is 0 Å². The minimum atomic E-state index is 0.607. The van der Waals surface area contributed by atoms with E-state index >= 15 is 0 Å². The number of amidine groups is 1. The van der Waals surface area contributed by atoms with E-state index < -0.39 is 0 Å². The molecule has 1 saturated heterocycles. The van der Waals surface area contributed by atoms with Gasteiger partial charge in [-0.05, 0) is 44.4 Å². The Morgan fingerprint density at radius 1 is 0.824 bits per heavy atom. The Morgan fingerprint density at radius 2 is 1.47 bits per heavy atom. The van der Waals surface area contributed by atoms with E-state index in [0.717, 1.165) is 17.8 Å². The summed E-state index contributed by atoms with van der Waals surface area (Å²) in [5, 5.41) is 8.53. The van der Waals surface area contributed by atoms with Gasteiger partial charge in [0.1, 0.15) is 0 Å². The monoisotopic (exact) mass is 234 g/mol. The summed E-state index contributed by atoms with van der Waals surface area (Å²) in [6, 6.07) is 0.741. The number of hydrogen-bond acceptors (Lipinski definition) is 1. The Balaban J connectivity index is 1.69. The molecule has 0 radical (unpaired) electrons. The van der Waals surface area contributed by atoms with Crippen molar-refractivity contribution >= 4 is 5.84 Å². The normalized spacial score (nSPS) is 34.7. The van der Waals surface area contributed by atoms with E-state index in [2.05, 4.69) is 4.90 Å². The molecule has 0 aromatic heterocycles. The zero-order valence-corrected chi connectivity index (χ0v) is 11.0. The second-order valence-electron chi connectivity index (χ2n) is 6.31. The summed E-state index contributed by atoms with van der Waals surface area (Å²) in [5.41, 5.74) is 0. The fraction of sp³-hybridized carbons (Fsp3) is 0.933. The highest BCUT2D eigenvalue weighted by atomic mass is 15.2. The molecule has 3 rings (SSSR count). The van der Waals surface area contributed by atoms with Gasteiger partial charge in [-0.15, -0.1) is 0 Å². The van der Waals surface area contributed by atoms with Gasteiger partial charge in [0.2, 0.25) is 0 Å². The maximum atomic E-state index is 8.53. The van der Waals surface area contributed by atoms with Crippen molar-refractivity contribution in [3.8, 4) is 0 Å². The third kappa shape index (κ3) is 2.23. The van der Waals surface area contributed by atoms with E-state index in [9.17, 15) is 0 Å². The molecule has 0 aromatic carbocycles. The van der Waals surface area contributed by atoms with E-state index in [-0.39, 0.29) is 0 Å². The first-order chi connectivity index (χ1) is 8.36. The van der Waals surface area contributed by atoms with Crippen LogP contribution in [0.3, 0.4) is 0 Å². The second-order valence-corrected chi connectivity index (χ2v) is 6.31. The van der Waals surface area contributed by atoms with Crippen LogP contribution in [0.5, 0.6) is 0 Å². The summed E-state index contributed by atoms with van der Waals surface area (Å²) in [7, 11) is 0. The number of fused-ring (bicyclic) bond motifs is 1. The highest BCUT2D eigenvalue weighted by molar-refractivity contribution is 5.82. The van der Waals surface area contributed by atoms with E-state index in [1.807, 2.05) is 0 Å². The Labute approximate surface area is 105 Å². The molecule has 2 nitrogen and oxygen atoms in total. The number of hydrogen-bond donors (Lipinski definition) is 1. The van der Waals surface area contributed by atoms with Crippen molar-refractivity contribution in [3.05, 3.63) is 0 Å². The van der Waals surface area contributed by atoms with Crippen molar-refractivity contribution < 1.29 is 0 Å². The van der Waals surface area contributed by atoms with Gasteiger partial charge in [0.15, 0.2) is 0 Å². The van der Waals surface area contributed by atoms with E-state index in [0.29, 0.717) is 5.92 Å². The van der Waals surface area contributed by atoms with Gasteiger partial charge >= 0.3 is 0 Å². The summed E-state index contributed by atoms with van der Waals surface area (Å²) in [4.78, 5) is 2.52. The van der Waals surface area contributed by atoms with E-state index in [4.69, 9.17) is 5.41 Å². The lowest BCUT2D eigenvalue weighted by molar-refractivity contribution is 0.113. The molecule has 2 heteroatoms. The van der Waals surface area contributed by atoms with Crippen molar-refractivity contribution in [2.24, 2.45) is 11.8 Å². The van der Waals surface area contributed by atoms with Crippen LogP contribution >= 0.6 is 0 Å². The Hall–Kier alpha value is -0.530. The van der Waals surface area contributed by atoms with Crippen LogP contribution in [-0.4, -0.2) is 23.3 Å². The van der Waals surface area contributed by atoms with Gasteiger partial charge in [0, 0.05) is 18.5 Å². The van der Waals surface area contributed by atoms with Gasteiger partial charge in [-0.3, -0.25) is 5.41 Å².